The zero-order valence-electron chi connectivity index (χ0n) is 15.7. The fourth-order valence-electron chi connectivity index (χ4n) is 3.58. The van der Waals surface area contributed by atoms with E-state index in [1.807, 2.05) is 0 Å². The molecule has 9 heteroatoms. The lowest BCUT2D eigenvalue weighted by Gasteiger charge is -2.33. The van der Waals surface area contributed by atoms with Crippen molar-refractivity contribution < 1.29 is 33.0 Å². The van der Waals surface area contributed by atoms with E-state index in [1.165, 1.54) is 18.2 Å². The summed E-state index contributed by atoms with van der Waals surface area (Å²) in [5, 5.41) is 2.67. The molecule has 2 aliphatic rings. The molecule has 1 fully saturated rings. The summed E-state index contributed by atoms with van der Waals surface area (Å²) in [7, 11) is 0. The molecular formula is C21H17FN2O6. The Bertz CT molecular complexity index is 1060. The number of esters is 1. The zero-order chi connectivity index (χ0) is 21.3. The minimum atomic E-state index is -1.30. The van der Waals surface area contributed by atoms with E-state index in [0.717, 1.165) is 11.0 Å². The van der Waals surface area contributed by atoms with Crippen molar-refractivity contribution in [1.82, 2.24) is 10.2 Å². The Morgan fingerprint density at radius 1 is 1.17 bits per heavy atom. The van der Waals surface area contributed by atoms with E-state index in [1.54, 1.807) is 24.3 Å². The van der Waals surface area contributed by atoms with Crippen molar-refractivity contribution >= 4 is 23.7 Å². The lowest BCUT2D eigenvalue weighted by atomic mass is 9.84. The van der Waals surface area contributed by atoms with Gasteiger partial charge >= 0.3 is 12.0 Å². The van der Waals surface area contributed by atoms with Crippen molar-refractivity contribution in [1.29, 1.82) is 0 Å². The highest BCUT2D eigenvalue weighted by Gasteiger charge is 2.55. The van der Waals surface area contributed by atoms with E-state index in [9.17, 15) is 23.6 Å². The third-order valence-corrected chi connectivity index (χ3v) is 5.06. The smallest absolute Gasteiger partial charge is 0.326 e. The fraction of sp³-hybridized carbons (Fsp3) is 0.238. The number of nitrogens with one attached hydrogen (secondary N) is 1. The summed E-state index contributed by atoms with van der Waals surface area (Å²) in [5.41, 5.74) is -0.730. The number of amides is 3. The highest BCUT2D eigenvalue weighted by molar-refractivity contribution is 6.09. The third-order valence-electron chi connectivity index (χ3n) is 5.06. The largest absolute Gasteiger partial charge is 0.493 e. The molecule has 154 valence electrons. The van der Waals surface area contributed by atoms with Crippen LogP contribution in [0.1, 0.15) is 22.3 Å². The van der Waals surface area contributed by atoms with Gasteiger partial charge in [0.2, 0.25) is 0 Å². The average molecular weight is 412 g/mol. The summed E-state index contributed by atoms with van der Waals surface area (Å²) in [6, 6.07) is 11.1. The number of ketones is 1. The highest BCUT2D eigenvalue weighted by Crippen LogP contribution is 2.40. The molecule has 8 nitrogen and oxygen atoms in total. The molecule has 0 unspecified atom stereocenters. The van der Waals surface area contributed by atoms with Crippen molar-refractivity contribution in [3.8, 4) is 5.75 Å². The van der Waals surface area contributed by atoms with Gasteiger partial charge in [0.15, 0.2) is 17.9 Å². The second-order valence-electron chi connectivity index (χ2n) is 6.92. The summed E-state index contributed by atoms with van der Waals surface area (Å²) in [4.78, 5) is 50.4. The Morgan fingerprint density at radius 3 is 2.77 bits per heavy atom. The summed E-state index contributed by atoms with van der Waals surface area (Å²) < 4.78 is 23.6. The van der Waals surface area contributed by atoms with Gasteiger partial charge in [-0.2, -0.15) is 0 Å². The number of carbonyl (C=O) groups is 4. The first kappa shape index (κ1) is 19.6. The van der Waals surface area contributed by atoms with Gasteiger partial charge in [0, 0.05) is 17.5 Å². The van der Waals surface area contributed by atoms with E-state index in [-0.39, 0.29) is 18.6 Å². The van der Waals surface area contributed by atoms with Crippen molar-refractivity contribution in [2.75, 3.05) is 19.8 Å². The number of urea groups is 1. The van der Waals surface area contributed by atoms with Gasteiger partial charge in [-0.05, 0) is 18.2 Å². The lowest BCUT2D eigenvalue weighted by molar-refractivity contribution is -0.147. The molecule has 1 saturated heterocycles. The zero-order valence-corrected chi connectivity index (χ0v) is 15.7. The third kappa shape index (κ3) is 3.38. The van der Waals surface area contributed by atoms with Crippen molar-refractivity contribution in [2.24, 2.45) is 0 Å². The number of para-hydroxylation sites is 1. The molecule has 2 aromatic rings. The van der Waals surface area contributed by atoms with E-state index in [0.29, 0.717) is 11.3 Å². The van der Waals surface area contributed by atoms with Crippen LogP contribution < -0.4 is 10.1 Å². The Hall–Kier alpha value is -3.75. The molecule has 0 bridgehead atoms. The number of ether oxygens (including phenoxy) is 2. The van der Waals surface area contributed by atoms with Gasteiger partial charge in [-0.3, -0.25) is 19.3 Å². The van der Waals surface area contributed by atoms with E-state index < -0.39 is 48.2 Å². The molecule has 1 atom stereocenters. The fourth-order valence-corrected chi connectivity index (χ4v) is 3.58. The maximum atomic E-state index is 13.2. The SMILES string of the molecule is O=C(CN1C(=O)N[C@]2(CCOc3ccccc32)C1=O)OCC(=O)c1cccc(F)c1. The first-order chi connectivity index (χ1) is 14.4. The standard InChI is InChI=1S/C21H17FN2O6/c22-14-5-3-4-13(10-14)16(25)12-30-18(26)11-24-19(27)21(23-20(24)28)8-9-29-17-7-2-1-6-15(17)21/h1-7,10H,8-9,11-12H2,(H,23,28)/t21-/m0/s1. The monoisotopic (exact) mass is 412 g/mol. The topological polar surface area (TPSA) is 102 Å². The molecular weight excluding hydrogens is 395 g/mol. The maximum Gasteiger partial charge on any atom is 0.326 e. The van der Waals surface area contributed by atoms with E-state index >= 15 is 0 Å². The number of fused-ring (bicyclic) bond motifs is 2. The van der Waals surface area contributed by atoms with Crippen molar-refractivity contribution in [3.63, 3.8) is 0 Å². The number of benzene rings is 2. The number of hydrogen-bond acceptors (Lipinski definition) is 6. The van der Waals surface area contributed by atoms with Gasteiger partial charge < -0.3 is 14.8 Å². The Kier molecular flexibility index (Phi) is 4.94. The average Bonchev–Trinajstić information content (AvgIpc) is 2.97. The molecule has 2 heterocycles. The Morgan fingerprint density at radius 2 is 1.97 bits per heavy atom. The quantitative estimate of drug-likeness (QED) is 0.456. The summed E-state index contributed by atoms with van der Waals surface area (Å²) in [6.45, 7) is -1.05. The Labute approximate surface area is 170 Å². The van der Waals surface area contributed by atoms with Gasteiger partial charge in [0.1, 0.15) is 18.1 Å². The number of Topliss-reactive ketones (excluding diaryl/α,β-unsaturated/α-hetero) is 1. The summed E-state index contributed by atoms with van der Waals surface area (Å²) in [6.07, 6.45) is 0.220. The molecule has 0 aliphatic carbocycles. The molecule has 0 aromatic heterocycles. The van der Waals surface area contributed by atoms with Gasteiger partial charge in [-0.15, -0.1) is 0 Å². The normalized spacial score (nSPS) is 19.8. The van der Waals surface area contributed by atoms with Crippen LogP contribution in [0.3, 0.4) is 0 Å². The molecule has 3 amide bonds. The van der Waals surface area contributed by atoms with Gasteiger partial charge in [-0.1, -0.05) is 30.3 Å². The number of nitrogens with zero attached hydrogens (tertiary/aromatic N) is 1. The molecule has 0 radical (unpaired) electrons. The summed E-state index contributed by atoms with van der Waals surface area (Å²) >= 11 is 0. The molecule has 2 aromatic carbocycles. The van der Waals surface area contributed by atoms with Crippen LogP contribution in [0.25, 0.3) is 0 Å². The second-order valence-corrected chi connectivity index (χ2v) is 6.92. The van der Waals surface area contributed by atoms with Crippen LogP contribution in [0.2, 0.25) is 0 Å². The Balaban J connectivity index is 1.43. The lowest BCUT2D eigenvalue weighted by Crippen LogP contribution is -2.47. The van der Waals surface area contributed by atoms with E-state index in [2.05, 4.69) is 5.32 Å². The molecule has 4 rings (SSSR count). The summed E-state index contributed by atoms with van der Waals surface area (Å²) in [5.74, 6) is -2.22. The minimum Gasteiger partial charge on any atom is -0.493 e. The molecule has 30 heavy (non-hydrogen) atoms. The number of carbonyl (C=O) groups excluding carboxylic acids is 4. The van der Waals surface area contributed by atoms with Crippen LogP contribution in [0.4, 0.5) is 9.18 Å². The maximum absolute atomic E-state index is 13.2. The highest BCUT2D eigenvalue weighted by atomic mass is 19.1. The van der Waals surface area contributed by atoms with Crippen molar-refractivity contribution in [2.45, 2.75) is 12.0 Å². The van der Waals surface area contributed by atoms with Crippen LogP contribution in [0.5, 0.6) is 5.75 Å². The molecule has 2 aliphatic heterocycles. The number of rotatable bonds is 5. The molecule has 1 spiro atoms. The number of imide groups is 1. The predicted molar refractivity (Wildman–Crippen MR) is 100 cm³/mol. The van der Waals surface area contributed by atoms with Gasteiger partial charge in [-0.25, -0.2) is 9.18 Å². The van der Waals surface area contributed by atoms with E-state index in [4.69, 9.17) is 9.47 Å². The van der Waals surface area contributed by atoms with Crippen LogP contribution in [0, 0.1) is 5.82 Å². The van der Waals surface area contributed by atoms with Gasteiger partial charge in [0.05, 0.1) is 6.61 Å². The van der Waals surface area contributed by atoms with Crippen LogP contribution in [0.15, 0.2) is 48.5 Å². The number of halogens is 1. The number of hydrogen-bond donors (Lipinski definition) is 1. The van der Waals surface area contributed by atoms with Crippen LogP contribution in [-0.2, 0) is 19.9 Å². The van der Waals surface area contributed by atoms with Crippen molar-refractivity contribution in [3.05, 3.63) is 65.5 Å². The van der Waals surface area contributed by atoms with Gasteiger partial charge in [0.25, 0.3) is 5.91 Å². The van der Waals surface area contributed by atoms with Crippen LogP contribution in [-0.4, -0.2) is 48.3 Å². The minimum absolute atomic E-state index is 0.0514. The predicted octanol–water partition coefficient (Wildman–Crippen LogP) is 1.78. The molecule has 1 N–H and O–H groups in total. The van der Waals surface area contributed by atoms with Crippen LogP contribution >= 0.6 is 0 Å². The first-order valence-corrected chi connectivity index (χ1v) is 9.21. The molecule has 0 saturated carbocycles. The first-order valence-electron chi connectivity index (χ1n) is 9.21. The second kappa shape index (κ2) is 7.58.